The monoisotopic (exact) mass is 510 g/mol. The van der Waals surface area contributed by atoms with Crippen molar-refractivity contribution in [1.29, 1.82) is 0 Å². The molecular weight excluding hydrogens is 484 g/mol. The normalized spacial score (nSPS) is 24.9. The Labute approximate surface area is 212 Å². The van der Waals surface area contributed by atoms with Gasteiger partial charge in [-0.1, -0.05) is 23.8 Å². The van der Waals surface area contributed by atoms with E-state index in [9.17, 15) is 4.79 Å². The molecule has 1 saturated heterocycles. The van der Waals surface area contributed by atoms with Crippen LogP contribution in [0.25, 0.3) is 22.6 Å². The first-order valence-electron chi connectivity index (χ1n) is 12.0. The van der Waals surface area contributed by atoms with E-state index in [0.717, 1.165) is 30.8 Å². The number of halogens is 1. The Morgan fingerprint density at radius 1 is 1.28 bits per heavy atom. The Morgan fingerprint density at radius 2 is 2.08 bits per heavy atom. The van der Waals surface area contributed by atoms with E-state index >= 15 is 0 Å². The SMILES string of the molecule is COc1cc(N2CCOCC2)ccc1-c1nc2ncc(Cl)c(N[C@H]3[C@@H](OC(N)=O)[C@@H]4C=C[C@H]3C4)c2[nH]1. The second-order valence-electron chi connectivity index (χ2n) is 9.27. The first-order valence-corrected chi connectivity index (χ1v) is 12.4. The quantitative estimate of drug-likeness (QED) is 0.429. The lowest BCUT2D eigenvalue weighted by Gasteiger charge is -2.29. The van der Waals surface area contributed by atoms with Crippen LogP contribution in [0.3, 0.4) is 0 Å². The third-order valence-electron chi connectivity index (χ3n) is 7.24. The van der Waals surface area contributed by atoms with Crippen LogP contribution < -0.4 is 20.7 Å². The number of nitrogens with two attached hydrogens (primary N) is 1. The minimum Gasteiger partial charge on any atom is -0.496 e. The van der Waals surface area contributed by atoms with E-state index in [1.54, 1.807) is 13.3 Å². The molecule has 188 valence electrons. The summed E-state index contributed by atoms with van der Waals surface area (Å²) in [6.07, 6.45) is 5.54. The molecule has 3 heterocycles. The number of hydrogen-bond donors (Lipinski definition) is 3. The third-order valence-corrected chi connectivity index (χ3v) is 7.53. The van der Waals surface area contributed by atoms with Crippen LogP contribution in [0.5, 0.6) is 5.75 Å². The lowest BCUT2D eigenvalue weighted by molar-refractivity contribution is 0.0854. The molecule has 2 aliphatic carbocycles. The van der Waals surface area contributed by atoms with Crippen molar-refractivity contribution in [3.63, 3.8) is 0 Å². The molecule has 0 spiro atoms. The number of primary amides is 1. The second-order valence-corrected chi connectivity index (χ2v) is 9.68. The number of nitrogens with zero attached hydrogens (tertiary/aromatic N) is 3. The third kappa shape index (κ3) is 4.00. The largest absolute Gasteiger partial charge is 0.496 e. The summed E-state index contributed by atoms with van der Waals surface area (Å²) in [5.41, 5.74) is 9.08. The van der Waals surface area contributed by atoms with E-state index in [4.69, 9.17) is 36.5 Å². The summed E-state index contributed by atoms with van der Waals surface area (Å²) < 4.78 is 16.7. The summed E-state index contributed by atoms with van der Waals surface area (Å²) in [6.45, 7) is 3.09. The van der Waals surface area contributed by atoms with E-state index < -0.39 is 6.09 Å². The van der Waals surface area contributed by atoms with Crippen LogP contribution in [0.4, 0.5) is 16.2 Å². The van der Waals surface area contributed by atoms with E-state index in [0.29, 0.717) is 46.7 Å². The molecule has 6 rings (SSSR count). The fourth-order valence-electron chi connectivity index (χ4n) is 5.52. The smallest absolute Gasteiger partial charge is 0.404 e. The number of morpholine rings is 1. The fraction of sp³-hybridized carbons (Fsp3) is 0.400. The highest BCUT2D eigenvalue weighted by molar-refractivity contribution is 6.34. The molecule has 0 unspecified atom stereocenters. The van der Waals surface area contributed by atoms with Gasteiger partial charge in [0.05, 0.1) is 48.8 Å². The number of carbonyl (C=O) groups excluding carboxylic acids is 1. The molecule has 2 aromatic heterocycles. The fourth-order valence-corrected chi connectivity index (χ4v) is 5.72. The Hall–Kier alpha value is -3.50. The topological polar surface area (TPSA) is 128 Å². The summed E-state index contributed by atoms with van der Waals surface area (Å²) >= 11 is 6.59. The van der Waals surface area contributed by atoms with Crippen molar-refractivity contribution in [2.45, 2.75) is 18.6 Å². The van der Waals surface area contributed by atoms with E-state index in [1.165, 1.54) is 0 Å². The number of benzene rings is 1. The van der Waals surface area contributed by atoms with Crippen molar-refractivity contribution in [3.8, 4) is 17.1 Å². The Bertz CT molecular complexity index is 1340. The lowest BCUT2D eigenvalue weighted by atomic mass is 9.98. The van der Waals surface area contributed by atoms with Gasteiger partial charge in [-0.15, -0.1) is 0 Å². The summed E-state index contributed by atoms with van der Waals surface area (Å²) in [7, 11) is 1.65. The molecule has 2 fully saturated rings. The zero-order valence-electron chi connectivity index (χ0n) is 19.7. The molecule has 11 heteroatoms. The van der Waals surface area contributed by atoms with Crippen molar-refractivity contribution < 1.29 is 19.0 Å². The van der Waals surface area contributed by atoms with Gasteiger partial charge in [-0.2, -0.15) is 0 Å². The molecule has 0 radical (unpaired) electrons. The Morgan fingerprint density at radius 3 is 2.86 bits per heavy atom. The Kier molecular flexibility index (Phi) is 5.85. The zero-order chi connectivity index (χ0) is 24.8. The maximum atomic E-state index is 11.5. The van der Waals surface area contributed by atoms with Gasteiger partial charge in [0.15, 0.2) is 5.65 Å². The minimum absolute atomic E-state index is 0.127. The molecule has 36 heavy (non-hydrogen) atoms. The van der Waals surface area contributed by atoms with Crippen LogP contribution in [0.1, 0.15) is 6.42 Å². The van der Waals surface area contributed by atoms with Gasteiger partial charge in [-0.25, -0.2) is 14.8 Å². The lowest BCUT2D eigenvalue weighted by Crippen LogP contribution is -2.41. The number of fused-ring (bicyclic) bond motifs is 3. The van der Waals surface area contributed by atoms with E-state index in [1.807, 2.05) is 12.1 Å². The average molecular weight is 511 g/mol. The van der Waals surface area contributed by atoms with Gasteiger partial charge < -0.3 is 35.1 Å². The highest BCUT2D eigenvalue weighted by atomic mass is 35.5. The van der Waals surface area contributed by atoms with Crippen LogP contribution in [0.2, 0.25) is 5.02 Å². The van der Waals surface area contributed by atoms with Gasteiger partial charge in [0.1, 0.15) is 23.2 Å². The zero-order valence-corrected chi connectivity index (χ0v) is 20.5. The number of imidazole rings is 1. The van der Waals surface area contributed by atoms with Crippen LogP contribution >= 0.6 is 11.6 Å². The number of nitrogens with one attached hydrogen (secondary N) is 2. The number of H-pyrrole nitrogens is 1. The number of methoxy groups -OCH3 is 1. The Balaban J connectivity index is 1.34. The molecule has 2 bridgehead atoms. The molecule has 3 aromatic rings. The van der Waals surface area contributed by atoms with Gasteiger partial charge >= 0.3 is 6.09 Å². The summed E-state index contributed by atoms with van der Waals surface area (Å²) in [4.78, 5) is 26.3. The van der Waals surface area contributed by atoms with Gasteiger partial charge in [-0.3, -0.25) is 0 Å². The van der Waals surface area contributed by atoms with Crippen LogP contribution in [0.15, 0.2) is 36.5 Å². The minimum atomic E-state index is -0.782. The van der Waals surface area contributed by atoms with Crippen molar-refractivity contribution in [2.75, 3.05) is 43.6 Å². The first kappa shape index (κ1) is 22.9. The first-order chi connectivity index (χ1) is 17.5. The molecular formula is C25H27ClN6O4. The number of pyridine rings is 1. The number of carbonyl (C=O) groups is 1. The molecule has 1 aliphatic heterocycles. The van der Waals surface area contributed by atoms with Crippen LogP contribution in [0, 0.1) is 11.8 Å². The molecule has 1 aromatic carbocycles. The summed E-state index contributed by atoms with van der Waals surface area (Å²) in [6, 6.07) is 5.90. The number of hydrogen-bond acceptors (Lipinski definition) is 8. The average Bonchev–Trinajstić information content (AvgIpc) is 3.61. The number of anilines is 2. The van der Waals surface area contributed by atoms with E-state index in [2.05, 4.69) is 38.4 Å². The predicted molar refractivity (Wildman–Crippen MR) is 137 cm³/mol. The number of aromatic nitrogens is 3. The standard InChI is InChI=1S/C25H27ClN6O4/c1-34-18-11-15(32-6-8-35-9-7-32)4-5-16(18)23-30-21-20(17(26)12-28-24(21)31-23)29-19-13-2-3-14(10-13)22(19)36-25(27)33/h2-5,11-14,19,22H,6-10H2,1H3,(H2,27,33)(H2,28,29,30,31)/t13-,14+,19+,22-/m0/s1. The van der Waals surface area contributed by atoms with Crippen molar-refractivity contribution in [1.82, 2.24) is 15.0 Å². The van der Waals surface area contributed by atoms with Gasteiger partial charge in [0.2, 0.25) is 0 Å². The second kappa shape index (κ2) is 9.18. The molecule has 1 amide bonds. The number of ether oxygens (including phenoxy) is 3. The summed E-state index contributed by atoms with van der Waals surface area (Å²) in [5, 5.41) is 3.95. The number of amides is 1. The molecule has 3 aliphatic rings. The number of rotatable bonds is 6. The highest BCUT2D eigenvalue weighted by Crippen LogP contribution is 2.44. The van der Waals surface area contributed by atoms with E-state index in [-0.39, 0.29) is 24.0 Å². The number of aromatic amines is 1. The maximum absolute atomic E-state index is 11.5. The summed E-state index contributed by atoms with van der Waals surface area (Å²) in [5.74, 6) is 1.65. The van der Waals surface area contributed by atoms with Crippen LogP contribution in [-0.2, 0) is 9.47 Å². The van der Waals surface area contributed by atoms with Crippen molar-refractivity contribution in [2.24, 2.45) is 17.6 Å². The molecule has 4 N–H and O–H groups in total. The molecule has 10 nitrogen and oxygen atoms in total. The van der Waals surface area contributed by atoms with Gasteiger partial charge in [-0.05, 0) is 18.6 Å². The van der Waals surface area contributed by atoms with Crippen molar-refractivity contribution in [3.05, 3.63) is 41.6 Å². The molecule has 1 saturated carbocycles. The molecule has 4 atom stereocenters. The van der Waals surface area contributed by atoms with Gasteiger partial charge in [0.25, 0.3) is 0 Å². The highest BCUT2D eigenvalue weighted by Gasteiger charge is 2.47. The maximum Gasteiger partial charge on any atom is 0.404 e. The van der Waals surface area contributed by atoms with Crippen molar-refractivity contribution >= 4 is 40.2 Å². The predicted octanol–water partition coefficient (Wildman–Crippen LogP) is 3.57. The van der Waals surface area contributed by atoms with Crippen LogP contribution in [-0.4, -0.2) is 66.6 Å². The van der Waals surface area contributed by atoms with Gasteiger partial charge in [0, 0.05) is 36.7 Å².